The first-order valence-corrected chi connectivity index (χ1v) is 6.07. The maximum Gasteiger partial charge on any atom is 0.224 e. The maximum absolute atomic E-state index is 4.29. The van der Waals surface area contributed by atoms with Gasteiger partial charge in [0.2, 0.25) is 5.95 Å². The average Bonchev–Trinajstić information content (AvgIpc) is 2.38. The lowest BCUT2D eigenvalue weighted by Crippen LogP contribution is -2.04. The average molecular weight is 293 g/mol. The third-order valence-corrected chi connectivity index (χ3v) is 3.07. The van der Waals surface area contributed by atoms with E-state index in [9.17, 15) is 0 Å². The molecule has 2 rings (SSSR count). The van der Waals surface area contributed by atoms with E-state index in [0.29, 0.717) is 5.95 Å². The Hall–Kier alpha value is -1.62. The van der Waals surface area contributed by atoms with Gasteiger partial charge >= 0.3 is 0 Å². The molecule has 0 aliphatic carbocycles. The highest BCUT2D eigenvalue weighted by Crippen LogP contribution is 2.17. The largest absolute Gasteiger partial charge is 0.366 e. The molecule has 0 aliphatic heterocycles. The fourth-order valence-electron chi connectivity index (χ4n) is 1.41. The lowest BCUT2D eigenvalue weighted by molar-refractivity contribution is 1.07. The molecule has 0 spiro atoms. The normalized spacial score (nSPS) is 10.0. The van der Waals surface area contributed by atoms with Crippen LogP contribution in [0.15, 0.2) is 41.0 Å². The molecule has 1 aromatic carbocycles. The van der Waals surface area contributed by atoms with Crippen LogP contribution in [0.2, 0.25) is 0 Å². The van der Waals surface area contributed by atoms with Gasteiger partial charge in [0.15, 0.2) is 0 Å². The molecule has 0 atom stereocenters. The van der Waals surface area contributed by atoms with Crippen LogP contribution in [0.3, 0.4) is 0 Å². The van der Waals surface area contributed by atoms with Gasteiger partial charge in [-0.15, -0.1) is 0 Å². The second-order valence-electron chi connectivity index (χ2n) is 3.46. The summed E-state index contributed by atoms with van der Waals surface area (Å²) >= 11 is 3.51. The summed E-state index contributed by atoms with van der Waals surface area (Å²) < 4.78 is 1.09. The van der Waals surface area contributed by atoms with E-state index in [1.54, 1.807) is 13.2 Å². The minimum atomic E-state index is 0.613. The number of anilines is 2. The molecule has 0 aliphatic rings. The number of benzene rings is 1. The predicted octanol–water partition coefficient (Wildman–Crippen LogP) is 2.89. The highest BCUT2D eigenvalue weighted by atomic mass is 79.9. The molecule has 2 aromatic rings. The highest BCUT2D eigenvalue weighted by molar-refractivity contribution is 9.10. The molecular formula is C12H13BrN4. The lowest BCUT2D eigenvalue weighted by Gasteiger charge is -2.08. The topological polar surface area (TPSA) is 49.8 Å². The van der Waals surface area contributed by atoms with Gasteiger partial charge in [-0.25, -0.2) is 4.98 Å². The van der Waals surface area contributed by atoms with Crippen LogP contribution in [-0.2, 0) is 6.54 Å². The Balaban J connectivity index is 2.05. The molecule has 0 unspecified atom stereocenters. The quantitative estimate of drug-likeness (QED) is 0.910. The summed E-state index contributed by atoms with van der Waals surface area (Å²) in [4.78, 5) is 8.35. The Labute approximate surface area is 109 Å². The van der Waals surface area contributed by atoms with E-state index in [1.165, 1.54) is 5.56 Å². The lowest BCUT2D eigenvalue weighted by atomic mass is 10.2. The molecule has 2 N–H and O–H groups in total. The van der Waals surface area contributed by atoms with E-state index in [-0.39, 0.29) is 0 Å². The Morgan fingerprint density at radius 3 is 2.82 bits per heavy atom. The first kappa shape index (κ1) is 11.9. The van der Waals surface area contributed by atoms with Gasteiger partial charge in [0, 0.05) is 24.3 Å². The zero-order valence-corrected chi connectivity index (χ0v) is 11.0. The Morgan fingerprint density at radius 2 is 2.06 bits per heavy atom. The summed E-state index contributed by atoms with van der Waals surface area (Å²) in [6, 6.07) is 9.95. The molecule has 0 saturated carbocycles. The summed E-state index contributed by atoms with van der Waals surface area (Å²) in [6.07, 6.45) is 1.72. The van der Waals surface area contributed by atoms with Crippen molar-refractivity contribution in [3.63, 3.8) is 0 Å². The number of nitrogens with one attached hydrogen (secondary N) is 2. The van der Waals surface area contributed by atoms with Crippen molar-refractivity contribution in [3.05, 3.63) is 46.6 Å². The SMILES string of the molecule is CNc1nccc(NCc2ccccc2Br)n1. The van der Waals surface area contributed by atoms with Gasteiger partial charge in [-0.2, -0.15) is 4.98 Å². The summed E-state index contributed by atoms with van der Waals surface area (Å²) in [7, 11) is 1.80. The zero-order chi connectivity index (χ0) is 12.1. The third kappa shape index (κ3) is 3.17. The molecule has 5 heteroatoms. The van der Waals surface area contributed by atoms with E-state index < -0.39 is 0 Å². The monoisotopic (exact) mass is 292 g/mol. The Kier molecular flexibility index (Phi) is 3.93. The van der Waals surface area contributed by atoms with Crippen molar-refractivity contribution in [1.82, 2.24) is 9.97 Å². The standard InChI is InChI=1S/C12H13BrN4/c1-14-12-15-7-6-11(17-12)16-8-9-4-2-3-5-10(9)13/h2-7H,8H2,1H3,(H2,14,15,16,17). The van der Waals surface area contributed by atoms with Crippen LogP contribution < -0.4 is 10.6 Å². The molecule has 0 fully saturated rings. The van der Waals surface area contributed by atoms with Gasteiger partial charge in [0.25, 0.3) is 0 Å². The van der Waals surface area contributed by atoms with Crippen molar-refractivity contribution >= 4 is 27.7 Å². The van der Waals surface area contributed by atoms with E-state index in [1.807, 2.05) is 24.3 Å². The smallest absolute Gasteiger partial charge is 0.224 e. The maximum atomic E-state index is 4.29. The van der Waals surface area contributed by atoms with Gasteiger partial charge in [-0.3, -0.25) is 0 Å². The molecule has 0 saturated heterocycles. The first-order valence-electron chi connectivity index (χ1n) is 5.27. The molecule has 1 aromatic heterocycles. The van der Waals surface area contributed by atoms with Crippen LogP contribution >= 0.6 is 15.9 Å². The van der Waals surface area contributed by atoms with Gasteiger partial charge in [0.05, 0.1) is 0 Å². The second-order valence-corrected chi connectivity index (χ2v) is 4.31. The van der Waals surface area contributed by atoms with Crippen LogP contribution in [0.4, 0.5) is 11.8 Å². The number of nitrogens with zero attached hydrogens (tertiary/aromatic N) is 2. The van der Waals surface area contributed by atoms with Gasteiger partial charge in [0.1, 0.15) is 5.82 Å². The second kappa shape index (κ2) is 5.63. The van der Waals surface area contributed by atoms with Gasteiger partial charge in [-0.1, -0.05) is 34.1 Å². The number of aromatic nitrogens is 2. The molecule has 0 amide bonds. The van der Waals surface area contributed by atoms with Crippen LogP contribution in [0.1, 0.15) is 5.56 Å². The van der Waals surface area contributed by atoms with Gasteiger partial charge in [-0.05, 0) is 17.7 Å². The molecule has 88 valence electrons. The van der Waals surface area contributed by atoms with E-state index in [2.05, 4.69) is 42.6 Å². The van der Waals surface area contributed by atoms with E-state index in [4.69, 9.17) is 0 Å². The van der Waals surface area contributed by atoms with Crippen molar-refractivity contribution in [2.75, 3.05) is 17.7 Å². The third-order valence-electron chi connectivity index (χ3n) is 2.30. The molecule has 0 radical (unpaired) electrons. The molecular weight excluding hydrogens is 280 g/mol. The van der Waals surface area contributed by atoms with Crippen LogP contribution in [0, 0.1) is 0 Å². The number of rotatable bonds is 4. The van der Waals surface area contributed by atoms with Gasteiger partial charge < -0.3 is 10.6 Å². The molecule has 1 heterocycles. The summed E-state index contributed by atoms with van der Waals surface area (Å²) in [5.74, 6) is 1.42. The fourth-order valence-corrected chi connectivity index (χ4v) is 1.83. The predicted molar refractivity (Wildman–Crippen MR) is 73.0 cm³/mol. The molecule has 17 heavy (non-hydrogen) atoms. The van der Waals surface area contributed by atoms with Crippen molar-refractivity contribution in [1.29, 1.82) is 0 Å². The highest BCUT2D eigenvalue weighted by Gasteiger charge is 2.00. The first-order chi connectivity index (χ1) is 8.29. The number of hydrogen-bond acceptors (Lipinski definition) is 4. The fraction of sp³-hybridized carbons (Fsp3) is 0.167. The Morgan fingerprint density at radius 1 is 1.24 bits per heavy atom. The summed E-state index contributed by atoms with van der Waals surface area (Å²) in [5, 5.41) is 6.16. The minimum Gasteiger partial charge on any atom is -0.366 e. The van der Waals surface area contributed by atoms with E-state index in [0.717, 1.165) is 16.8 Å². The van der Waals surface area contributed by atoms with E-state index >= 15 is 0 Å². The van der Waals surface area contributed by atoms with Crippen molar-refractivity contribution in [2.45, 2.75) is 6.54 Å². The zero-order valence-electron chi connectivity index (χ0n) is 9.44. The minimum absolute atomic E-state index is 0.613. The van der Waals surface area contributed by atoms with Crippen LogP contribution in [0.25, 0.3) is 0 Å². The summed E-state index contributed by atoms with van der Waals surface area (Å²) in [5.41, 5.74) is 1.19. The summed E-state index contributed by atoms with van der Waals surface area (Å²) in [6.45, 7) is 0.724. The number of hydrogen-bond donors (Lipinski definition) is 2. The van der Waals surface area contributed by atoms with Crippen molar-refractivity contribution in [3.8, 4) is 0 Å². The van der Waals surface area contributed by atoms with Crippen LogP contribution in [-0.4, -0.2) is 17.0 Å². The van der Waals surface area contributed by atoms with Crippen LogP contribution in [0.5, 0.6) is 0 Å². The Bertz CT molecular complexity index is 501. The van der Waals surface area contributed by atoms with Crippen molar-refractivity contribution in [2.24, 2.45) is 0 Å². The van der Waals surface area contributed by atoms with Crippen molar-refractivity contribution < 1.29 is 0 Å². The molecule has 4 nitrogen and oxygen atoms in total. The number of halogens is 1. The molecule has 0 bridgehead atoms.